The van der Waals surface area contributed by atoms with Crippen LogP contribution in [-0.2, 0) is 0 Å². The summed E-state index contributed by atoms with van der Waals surface area (Å²) in [4.78, 5) is 20.6. The standard InChI is InChI=1S/C13H7Cl2NO4/c14-11-5-9(16(18)19)6-12(15)13(11)20-10-3-1-8(7-17)2-4-10/h1-7H. The fourth-order valence-corrected chi connectivity index (χ4v) is 2.03. The molecule has 0 aliphatic rings. The molecule has 2 aromatic carbocycles. The van der Waals surface area contributed by atoms with Crippen LogP contribution in [0.1, 0.15) is 10.4 Å². The number of nitro groups is 1. The highest BCUT2D eigenvalue weighted by molar-refractivity contribution is 6.37. The second-order valence-corrected chi connectivity index (χ2v) is 4.60. The summed E-state index contributed by atoms with van der Waals surface area (Å²) in [6.45, 7) is 0. The van der Waals surface area contributed by atoms with E-state index in [1.165, 1.54) is 0 Å². The summed E-state index contributed by atoms with van der Waals surface area (Å²) in [5.41, 5.74) is 0.280. The van der Waals surface area contributed by atoms with Crippen molar-refractivity contribution in [3.05, 3.63) is 62.1 Å². The quantitative estimate of drug-likeness (QED) is 0.473. The van der Waals surface area contributed by atoms with Crippen LogP contribution in [0.2, 0.25) is 10.0 Å². The summed E-state index contributed by atoms with van der Waals surface area (Å²) in [7, 11) is 0. The van der Waals surface area contributed by atoms with Gasteiger partial charge in [0.25, 0.3) is 5.69 Å². The Kier molecular flexibility index (Phi) is 4.22. The molecular formula is C13H7Cl2NO4. The lowest BCUT2D eigenvalue weighted by atomic mass is 10.2. The average molecular weight is 312 g/mol. The Morgan fingerprint density at radius 3 is 2.10 bits per heavy atom. The number of halogens is 2. The van der Waals surface area contributed by atoms with Crippen LogP contribution >= 0.6 is 23.2 Å². The smallest absolute Gasteiger partial charge is 0.272 e. The third kappa shape index (κ3) is 3.07. The van der Waals surface area contributed by atoms with Crippen molar-refractivity contribution >= 4 is 35.2 Å². The molecule has 0 spiro atoms. The Bertz CT molecular complexity index is 648. The van der Waals surface area contributed by atoms with Crippen LogP contribution in [0.4, 0.5) is 5.69 Å². The van der Waals surface area contributed by atoms with Gasteiger partial charge in [-0.2, -0.15) is 0 Å². The summed E-state index contributed by atoms with van der Waals surface area (Å²) in [5, 5.41) is 10.7. The van der Waals surface area contributed by atoms with Gasteiger partial charge in [-0.15, -0.1) is 0 Å². The van der Waals surface area contributed by atoms with Crippen molar-refractivity contribution in [1.29, 1.82) is 0 Å². The molecule has 0 saturated carbocycles. The molecule has 102 valence electrons. The molecule has 0 aromatic heterocycles. The Balaban J connectivity index is 2.33. The van der Waals surface area contributed by atoms with E-state index in [4.69, 9.17) is 27.9 Å². The minimum atomic E-state index is -0.597. The summed E-state index contributed by atoms with van der Waals surface area (Å²) < 4.78 is 5.47. The molecule has 0 N–H and O–H groups in total. The molecule has 0 bridgehead atoms. The van der Waals surface area contributed by atoms with Gasteiger partial charge in [0.05, 0.1) is 15.0 Å². The molecule has 0 saturated heterocycles. The summed E-state index contributed by atoms with van der Waals surface area (Å²) >= 11 is 11.8. The van der Waals surface area contributed by atoms with E-state index in [9.17, 15) is 14.9 Å². The van der Waals surface area contributed by atoms with Crippen molar-refractivity contribution in [3.63, 3.8) is 0 Å². The molecule has 0 radical (unpaired) electrons. The van der Waals surface area contributed by atoms with E-state index in [0.717, 1.165) is 12.1 Å². The molecule has 0 unspecified atom stereocenters. The number of nitro benzene ring substituents is 1. The average Bonchev–Trinajstić information content (AvgIpc) is 2.43. The lowest BCUT2D eigenvalue weighted by Gasteiger charge is -2.09. The molecule has 0 aliphatic heterocycles. The van der Waals surface area contributed by atoms with Gasteiger partial charge in [-0.3, -0.25) is 14.9 Å². The molecule has 0 amide bonds. The van der Waals surface area contributed by atoms with Gasteiger partial charge in [0.15, 0.2) is 5.75 Å². The molecule has 7 heteroatoms. The predicted molar refractivity (Wildman–Crippen MR) is 75.0 cm³/mol. The van der Waals surface area contributed by atoms with Crippen LogP contribution < -0.4 is 4.74 Å². The molecule has 2 rings (SSSR count). The Morgan fingerprint density at radius 2 is 1.65 bits per heavy atom. The number of aldehydes is 1. The number of non-ortho nitro benzene ring substituents is 1. The number of hydrogen-bond acceptors (Lipinski definition) is 4. The second kappa shape index (κ2) is 5.90. The van der Waals surface area contributed by atoms with E-state index in [-0.39, 0.29) is 21.5 Å². The van der Waals surface area contributed by atoms with E-state index in [0.29, 0.717) is 17.6 Å². The van der Waals surface area contributed by atoms with Crippen LogP contribution in [0.25, 0.3) is 0 Å². The highest BCUT2D eigenvalue weighted by Gasteiger charge is 2.16. The van der Waals surface area contributed by atoms with E-state index >= 15 is 0 Å². The van der Waals surface area contributed by atoms with Gasteiger partial charge >= 0.3 is 0 Å². The van der Waals surface area contributed by atoms with E-state index in [1.54, 1.807) is 24.3 Å². The number of hydrogen-bond donors (Lipinski definition) is 0. The van der Waals surface area contributed by atoms with Gasteiger partial charge in [-0.1, -0.05) is 23.2 Å². The fourth-order valence-electron chi connectivity index (χ4n) is 1.48. The van der Waals surface area contributed by atoms with Gasteiger partial charge < -0.3 is 4.74 Å². The summed E-state index contributed by atoms with van der Waals surface area (Å²) in [5.74, 6) is 0.533. The normalized spacial score (nSPS) is 10.1. The SMILES string of the molecule is O=Cc1ccc(Oc2c(Cl)cc([N+](=O)[O-])cc2Cl)cc1. The first-order valence-corrected chi connectivity index (χ1v) is 6.13. The first-order valence-electron chi connectivity index (χ1n) is 5.38. The number of rotatable bonds is 4. The van der Waals surface area contributed by atoms with Crippen molar-refractivity contribution in [2.24, 2.45) is 0 Å². The lowest BCUT2D eigenvalue weighted by molar-refractivity contribution is -0.384. The van der Waals surface area contributed by atoms with E-state index in [1.807, 2.05) is 0 Å². The van der Waals surface area contributed by atoms with E-state index < -0.39 is 4.92 Å². The topological polar surface area (TPSA) is 69.4 Å². The van der Waals surface area contributed by atoms with Crippen molar-refractivity contribution in [1.82, 2.24) is 0 Å². The molecule has 0 aliphatic carbocycles. The largest absolute Gasteiger partial charge is 0.454 e. The van der Waals surface area contributed by atoms with Crippen molar-refractivity contribution in [2.45, 2.75) is 0 Å². The van der Waals surface area contributed by atoms with Crippen LogP contribution in [0.15, 0.2) is 36.4 Å². The Morgan fingerprint density at radius 1 is 1.10 bits per heavy atom. The second-order valence-electron chi connectivity index (χ2n) is 3.78. The van der Waals surface area contributed by atoms with Crippen molar-refractivity contribution in [3.8, 4) is 11.5 Å². The monoisotopic (exact) mass is 311 g/mol. The molecule has 0 heterocycles. The number of carbonyl (C=O) groups excluding carboxylic acids is 1. The molecule has 0 atom stereocenters. The summed E-state index contributed by atoms with van der Waals surface area (Å²) in [6.07, 6.45) is 0.704. The number of nitrogens with zero attached hydrogens (tertiary/aromatic N) is 1. The highest BCUT2D eigenvalue weighted by atomic mass is 35.5. The van der Waals surface area contributed by atoms with Crippen LogP contribution in [0.3, 0.4) is 0 Å². The predicted octanol–water partition coefficient (Wildman–Crippen LogP) is 4.51. The zero-order valence-electron chi connectivity index (χ0n) is 9.88. The zero-order chi connectivity index (χ0) is 14.7. The van der Waals surface area contributed by atoms with Crippen molar-refractivity contribution < 1.29 is 14.5 Å². The molecular weight excluding hydrogens is 305 g/mol. The van der Waals surface area contributed by atoms with Gasteiger partial charge in [-0.25, -0.2) is 0 Å². The van der Waals surface area contributed by atoms with Gasteiger partial charge in [0.2, 0.25) is 0 Å². The van der Waals surface area contributed by atoms with Crippen molar-refractivity contribution in [2.75, 3.05) is 0 Å². The Labute approximate surface area is 123 Å². The van der Waals surface area contributed by atoms with Gasteiger partial charge in [0.1, 0.15) is 12.0 Å². The first-order chi connectivity index (χ1) is 9.51. The molecule has 20 heavy (non-hydrogen) atoms. The maximum atomic E-state index is 10.7. The highest BCUT2D eigenvalue weighted by Crippen LogP contribution is 2.39. The van der Waals surface area contributed by atoms with Crippen LogP contribution in [-0.4, -0.2) is 11.2 Å². The maximum Gasteiger partial charge on any atom is 0.272 e. The minimum Gasteiger partial charge on any atom is -0.454 e. The number of carbonyl (C=O) groups is 1. The molecule has 2 aromatic rings. The first kappa shape index (κ1) is 14.3. The maximum absolute atomic E-state index is 10.7. The zero-order valence-corrected chi connectivity index (χ0v) is 11.4. The minimum absolute atomic E-state index is 0.0312. The number of benzene rings is 2. The third-order valence-corrected chi connectivity index (χ3v) is 2.99. The molecule has 0 fully saturated rings. The van der Waals surface area contributed by atoms with Gasteiger partial charge in [-0.05, 0) is 24.3 Å². The van der Waals surface area contributed by atoms with Crippen LogP contribution in [0, 0.1) is 10.1 Å². The Hall–Kier alpha value is -2.11. The van der Waals surface area contributed by atoms with Crippen LogP contribution in [0.5, 0.6) is 11.5 Å². The van der Waals surface area contributed by atoms with E-state index in [2.05, 4.69) is 0 Å². The van der Waals surface area contributed by atoms with Gasteiger partial charge in [0, 0.05) is 17.7 Å². The summed E-state index contributed by atoms with van der Waals surface area (Å²) in [6, 6.07) is 8.58. The molecule has 5 nitrogen and oxygen atoms in total. The third-order valence-electron chi connectivity index (χ3n) is 2.43. The number of ether oxygens (including phenoxy) is 1. The lowest BCUT2D eigenvalue weighted by Crippen LogP contribution is -1.92. The fraction of sp³-hybridized carbons (Fsp3) is 0.